The largest absolute Gasteiger partial charge is 0.537 e. The lowest BCUT2D eigenvalue weighted by Crippen LogP contribution is -2.35. The van der Waals surface area contributed by atoms with Gasteiger partial charge in [-0.3, -0.25) is 28.0 Å². The van der Waals surface area contributed by atoms with Crippen molar-refractivity contribution in [2.24, 2.45) is 0 Å². The number of thioether (sulfide) groups is 1. The number of nitrogen functional groups attached to an aromatic ring is 1. The highest BCUT2D eigenvalue weighted by Gasteiger charge is 2.50. The molecule has 4 aromatic heterocycles. The molecular weight excluding hydrogens is 676 g/mol. The van der Waals surface area contributed by atoms with Crippen LogP contribution >= 0.6 is 27.6 Å². The number of rotatable bonds is 10. The van der Waals surface area contributed by atoms with Gasteiger partial charge in [-0.25, -0.2) is 24.5 Å². The van der Waals surface area contributed by atoms with E-state index in [1.165, 1.54) is 29.0 Å². The molecule has 0 bridgehead atoms. The molecular formula is C22H26N9O12P2S+. The zero-order valence-electron chi connectivity index (χ0n) is 23.3. The van der Waals surface area contributed by atoms with Gasteiger partial charge in [0, 0.05) is 0 Å². The Morgan fingerprint density at radius 1 is 1.09 bits per heavy atom. The second kappa shape index (κ2) is 12.8. The Morgan fingerprint density at radius 3 is 2.50 bits per heavy atom. The zero-order chi connectivity index (χ0) is 32.9. The minimum absolute atomic E-state index is 0.0902. The molecule has 10 unspecified atom stereocenters. The number of phosphoric ester groups is 1. The van der Waals surface area contributed by atoms with Crippen molar-refractivity contribution in [3.63, 3.8) is 0 Å². The Hall–Kier alpha value is -3.24. The van der Waals surface area contributed by atoms with Crippen LogP contribution < -0.4 is 11.3 Å². The van der Waals surface area contributed by atoms with Crippen LogP contribution in [0, 0.1) is 0 Å². The number of fused-ring (bicyclic) bond motifs is 2. The van der Waals surface area contributed by atoms with Crippen molar-refractivity contribution >= 4 is 55.9 Å². The van der Waals surface area contributed by atoms with Crippen LogP contribution in [0.25, 0.3) is 22.3 Å². The third kappa shape index (κ3) is 6.10. The average molecular weight is 703 g/mol. The smallest absolute Gasteiger partial charge is 0.387 e. The number of aromatic nitrogens is 8. The van der Waals surface area contributed by atoms with Gasteiger partial charge in [-0.15, -0.1) is 11.8 Å². The molecule has 46 heavy (non-hydrogen) atoms. The van der Waals surface area contributed by atoms with Crippen molar-refractivity contribution in [3.8, 4) is 0 Å². The first-order valence-electron chi connectivity index (χ1n) is 13.2. The fraction of sp³-hybridized carbons (Fsp3) is 0.455. The molecule has 6 heterocycles. The zero-order valence-corrected chi connectivity index (χ0v) is 25.9. The van der Waals surface area contributed by atoms with E-state index in [1.54, 1.807) is 6.26 Å². The molecule has 2 aliphatic heterocycles. The molecule has 6 rings (SSSR count). The molecule has 8 N–H and O–H groups in total. The van der Waals surface area contributed by atoms with E-state index in [1.807, 2.05) is 0 Å². The predicted octanol–water partition coefficient (Wildman–Crippen LogP) is -1.11. The number of aliphatic hydroxyl groups excluding tert-OH is 3. The van der Waals surface area contributed by atoms with Crippen LogP contribution in [0.15, 0.2) is 40.7 Å². The monoisotopic (exact) mass is 702 g/mol. The van der Waals surface area contributed by atoms with Gasteiger partial charge in [-0.1, -0.05) is 0 Å². The molecule has 246 valence electrons. The predicted molar refractivity (Wildman–Crippen MR) is 155 cm³/mol. The van der Waals surface area contributed by atoms with Crippen molar-refractivity contribution in [3.05, 3.63) is 41.2 Å². The first-order valence-corrected chi connectivity index (χ1v) is 17.2. The highest BCUT2D eigenvalue weighted by molar-refractivity contribution is 7.98. The lowest BCUT2D eigenvalue weighted by Gasteiger charge is -2.23. The van der Waals surface area contributed by atoms with Gasteiger partial charge in [0.2, 0.25) is 5.95 Å². The first-order chi connectivity index (χ1) is 21.9. The van der Waals surface area contributed by atoms with E-state index in [0.29, 0.717) is 16.2 Å². The van der Waals surface area contributed by atoms with Crippen molar-refractivity contribution in [1.29, 1.82) is 0 Å². The Balaban J connectivity index is 1.18. The van der Waals surface area contributed by atoms with Crippen LogP contribution in [0.2, 0.25) is 0 Å². The number of aromatic amines is 1. The topological polar surface area (TPSA) is 305 Å². The van der Waals surface area contributed by atoms with E-state index in [4.69, 9.17) is 24.3 Å². The summed E-state index contributed by atoms with van der Waals surface area (Å²) in [7, 11) is -7.92. The fourth-order valence-corrected chi connectivity index (χ4v) is 6.84. The lowest BCUT2D eigenvalue weighted by atomic mass is 10.1. The summed E-state index contributed by atoms with van der Waals surface area (Å²) in [5.74, 6) is 0.558. The maximum atomic E-state index is 13.1. The van der Waals surface area contributed by atoms with Gasteiger partial charge in [-0.05, 0) is 16.9 Å². The Bertz CT molecular complexity index is 1920. The summed E-state index contributed by atoms with van der Waals surface area (Å²) in [6, 6.07) is 0. The Kier molecular flexibility index (Phi) is 9.06. The molecule has 2 saturated heterocycles. The van der Waals surface area contributed by atoms with Crippen molar-refractivity contribution in [2.75, 3.05) is 18.6 Å². The number of nitrogens with one attached hydrogen (secondary N) is 1. The molecule has 4 aromatic rings. The van der Waals surface area contributed by atoms with Gasteiger partial charge in [0.25, 0.3) is 5.56 Å². The molecule has 24 heteroatoms. The van der Waals surface area contributed by atoms with Crippen LogP contribution in [0.1, 0.15) is 12.5 Å². The normalized spacial score (nSPS) is 30.1. The summed E-state index contributed by atoms with van der Waals surface area (Å²) in [5.41, 5.74) is 5.47. The van der Waals surface area contributed by atoms with Crippen LogP contribution in [-0.4, -0.2) is 114 Å². The summed E-state index contributed by atoms with van der Waals surface area (Å²) < 4.78 is 48.8. The number of hydrogen-bond donors (Lipinski definition) is 7. The van der Waals surface area contributed by atoms with Gasteiger partial charge in [-0.2, -0.15) is 9.88 Å². The summed E-state index contributed by atoms with van der Waals surface area (Å²) in [4.78, 5) is 54.8. The minimum Gasteiger partial charge on any atom is -0.387 e. The van der Waals surface area contributed by atoms with Gasteiger partial charge in [0.15, 0.2) is 35.1 Å². The lowest BCUT2D eigenvalue weighted by molar-refractivity contribution is -0.0550. The quantitative estimate of drug-likeness (QED) is 0.0585. The van der Waals surface area contributed by atoms with Gasteiger partial charge in [0.1, 0.15) is 53.5 Å². The van der Waals surface area contributed by atoms with Gasteiger partial charge in [0.05, 0.1) is 19.3 Å². The van der Waals surface area contributed by atoms with E-state index in [0.717, 1.165) is 22.8 Å². The highest BCUT2D eigenvalue weighted by Crippen LogP contribution is 2.49. The molecule has 0 radical (unpaired) electrons. The first kappa shape index (κ1) is 32.7. The molecule has 0 saturated carbocycles. The maximum absolute atomic E-state index is 13.1. The summed E-state index contributed by atoms with van der Waals surface area (Å²) >= 11 is 1.33. The second-order valence-electron chi connectivity index (χ2n) is 9.99. The number of anilines is 1. The number of imidazole rings is 2. The molecule has 0 spiro atoms. The van der Waals surface area contributed by atoms with E-state index >= 15 is 0 Å². The minimum atomic E-state index is -5.10. The Morgan fingerprint density at radius 2 is 1.78 bits per heavy atom. The number of aliphatic hydroxyl groups is 3. The van der Waals surface area contributed by atoms with E-state index in [9.17, 15) is 39.0 Å². The van der Waals surface area contributed by atoms with Crippen LogP contribution in [0.4, 0.5) is 5.95 Å². The molecule has 10 atom stereocenters. The van der Waals surface area contributed by atoms with E-state index in [-0.39, 0.29) is 17.1 Å². The highest BCUT2D eigenvalue weighted by atomic mass is 32.2. The average Bonchev–Trinajstić information content (AvgIpc) is 3.76. The SMILES string of the molecule is CSc1ncnc2c1ncn2C1OC(COP(=O)(O)OC2C(C=C[P+](=O)O)OC(n3cnc4c(=O)[nH]c(N)nc43)C2O)C(O)C1O. The standard InChI is InChI=1S/C22H25N9O12P2S/c1-46-19-11-16(24-5-25-19)30(7-27-11)20-13(33)12(32)9(42-20)4-40-45(38,39)43-15-8(2-3-44(36)37)41-21(14(15)34)31-6-26-10-17(31)28-22(23)29-18(10)35/h2-3,5-9,12-15,20-21,32-34H,4H2,1H3,(H4-,23,28,29,35,36,37,38,39)/p+1. The molecule has 21 nitrogen and oxygen atoms in total. The number of nitrogens with zero attached hydrogens (tertiary/aromatic N) is 7. The van der Waals surface area contributed by atoms with E-state index < -0.39 is 77.1 Å². The second-order valence-corrected chi connectivity index (χ2v) is 13.1. The summed E-state index contributed by atoms with van der Waals surface area (Å²) in [6.45, 7) is -0.756. The number of hydrogen-bond acceptors (Lipinski definition) is 17. The summed E-state index contributed by atoms with van der Waals surface area (Å²) in [5, 5.41) is 33.1. The maximum Gasteiger partial charge on any atom is 0.537 e. The number of H-pyrrole nitrogens is 1. The van der Waals surface area contributed by atoms with E-state index in [2.05, 4.69) is 29.9 Å². The number of phosphoric acid groups is 1. The van der Waals surface area contributed by atoms with Crippen molar-refractivity contribution in [2.45, 2.75) is 54.1 Å². The van der Waals surface area contributed by atoms with Crippen LogP contribution in [0.3, 0.4) is 0 Å². The fourth-order valence-electron chi connectivity index (χ4n) is 5.09. The molecule has 0 amide bonds. The third-order valence-electron chi connectivity index (χ3n) is 7.16. The third-order valence-corrected chi connectivity index (χ3v) is 9.26. The van der Waals surface area contributed by atoms with Crippen LogP contribution in [0.5, 0.6) is 0 Å². The molecule has 2 fully saturated rings. The Labute approximate surface area is 261 Å². The van der Waals surface area contributed by atoms with Crippen molar-refractivity contribution < 1.29 is 52.8 Å². The molecule has 0 aromatic carbocycles. The van der Waals surface area contributed by atoms with Gasteiger partial charge >= 0.3 is 15.9 Å². The number of ether oxygens (including phenoxy) is 2. The molecule has 0 aliphatic carbocycles. The summed E-state index contributed by atoms with van der Waals surface area (Å²) in [6.07, 6.45) is -5.28. The van der Waals surface area contributed by atoms with Crippen molar-refractivity contribution in [1.82, 2.24) is 39.0 Å². The number of nitrogens with two attached hydrogens (primary N) is 1. The molecule has 2 aliphatic rings. The van der Waals surface area contributed by atoms with Crippen LogP contribution in [-0.2, 0) is 27.7 Å². The van der Waals surface area contributed by atoms with Gasteiger partial charge < -0.3 is 35.4 Å².